The first-order valence-electron chi connectivity index (χ1n) is 10.7. The van der Waals surface area contributed by atoms with Crippen LogP contribution in [0, 0.1) is 11.7 Å². The molecule has 2 aromatic carbocycles. The summed E-state index contributed by atoms with van der Waals surface area (Å²) >= 11 is 6.52. The number of anilines is 1. The number of aromatic nitrogens is 1. The molecule has 5 nitrogen and oxygen atoms in total. The van der Waals surface area contributed by atoms with Crippen LogP contribution in [0.2, 0.25) is 5.02 Å². The van der Waals surface area contributed by atoms with Crippen molar-refractivity contribution in [2.24, 2.45) is 5.92 Å². The summed E-state index contributed by atoms with van der Waals surface area (Å²) in [5, 5.41) is 4.69. The maximum Gasteiger partial charge on any atom is 0.259 e. The summed E-state index contributed by atoms with van der Waals surface area (Å²) in [7, 11) is 0. The number of nitrogens with one attached hydrogen (secondary N) is 1. The van der Waals surface area contributed by atoms with Gasteiger partial charge in [-0.25, -0.2) is 4.39 Å². The molecule has 164 valence electrons. The van der Waals surface area contributed by atoms with E-state index in [1.807, 2.05) is 12.1 Å². The number of imide groups is 1. The summed E-state index contributed by atoms with van der Waals surface area (Å²) in [6.45, 7) is 6.67. The van der Waals surface area contributed by atoms with Crippen LogP contribution < -0.4 is 5.32 Å². The number of hydrogen-bond donors (Lipinski definition) is 1. The van der Waals surface area contributed by atoms with E-state index in [0.29, 0.717) is 22.8 Å². The Morgan fingerprint density at radius 2 is 2.03 bits per heavy atom. The average Bonchev–Trinajstić information content (AvgIpc) is 3.18. The van der Waals surface area contributed by atoms with E-state index in [-0.39, 0.29) is 23.4 Å². The van der Waals surface area contributed by atoms with E-state index in [2.05, 4.69) is 36.0 Å². The van der Waals surface area contributed by atoms with E-state index < -0.39 is 11.7 Å². The molecule has 3 heterocycles. The number of hydrogen-bond acceptors (Lipinski definition) is 3. The third-order valence-corrected chi connectivity index (χ3v) is 6.48. The van der Waals surface area contributed by atoms with Gasteiger partial charge in [0.1, 0.15) is 5.82 Å². The molecule has 3 aromatic rings. The third-order valence-electron chi connectivity index (χ3n) is 6.15. The van der Waals surface area contributed by atoms with Crippen molar-refractivity contribution < 1.29 is 14.0 Å². The number of benzene rings is 2. The molecule has 0 aliphatic carbocycles. The van der Waals surface area contributed by atoms with Crippen molar-refractivity contribution in [3.05, 3.63) is 75.8 Å². The smallest absolute Gasteiger partial charge is 0.259 e. The Morgan fingerprint density at radius 1 is 1.25 bits per heavy atom. The minimum absolute atomic E-state index is 0.172. The van der Waals surface area contributed by atoms with Crippen molar-refractivity contribution in [3.8, 4) is 0 Å². The Morgan fingerprint density at radius 3 is 2.72 bits per heavy atom. The van der Waals surface area contributed by atoms with Gasteiger partial charge in [0.05, 0.1) is 17.6 Å². The molecule has 1 N–H and O–H groups in total. The van der Waals surface area contributed by atoms with Crippen LogP contribution in [0.1, 0.15) is 37.8 Å². The Kier molecular flexibility index (Phi) is 4.86. The van der Waals surface area contributed by atoms with Crippen LogP contribution in [-0.4, -0.2) is 27.8 Å². The second kappa shape index (κ2) is 7.48. The molecule has 32 heavy (non-hydrogen) atoms. The van der Waals surface area contributed by atoms with Gasteiger partial charge in [0.25, 0.3) is 5.91 Å². The fraction of sp³-hybridized carbons (Fsp3) is 0.280. The summed E-state index contributed by atoms with van der Waals surface area (Å²) < 4.78 is 16.1. The molecule has 0 unspecified atom stereocenters. The van der Waals surface area contributed by atoms with Crippen molar-refractivity contribution in [2.45, 2.75) is 33.2 Å². The van der Waals surface area contributed by atoms with Gasteiger partial charge in [-0.1, -0.05) is 37.6 Å². The van der Waals surface area contributed by atoms with Gasteiger partial charge in [0.15, 0.2) is 0 Å². The lowest BCUT2D eigenvalue weighted by Crippen LogP contribution is -2.33. The first-order valence-corrected chi connectivity index (χ1v) is 11.0. The minimum atomic E-state index is -0.526. The highest BCUT2D eigenvalue weighted by molar-refractivity contribution is 6.31. The van der Waals surface area contributed by atoms with E-state index in [4.69, 9.17) is 11.6 Å². The van der Waals surface area contributed by atoms with Gasteiger partial charge in [-0.15, -0.1) is 0 Å². The van der Waals surface area contributed by atoms with Crippen molar-refractivity contribution in [3.63, 3.8) is 0 Å². The first-order chi connectivity index (χ1) is 15.3. The number of nitrogens with zero attached hydrogens (tertiary/aromatic N) is 2. The van der Waals surface area contributed by atoms with Gasteiger partial charge in [0.2, 0.25) is 5.91 Å². The summed E-state index contributed by atoms with van der Waals surface area (Å²) in [5.41, 5.74) is 4.65. The summed E-state index contributed by atoms with van der Waals surface area (Å²) in [5.74, 6) is -1.21. The minimum Gasteiger partial charge on any atom is -0.356 e. The Bertz CT molecular complexity index is 1320. The summed E-state index contributed by atoms with van der Waals surface area (Å²) in [6.07, 6.45) is 2.07. The predicted octanol–water partition coefficient (Wildman–Crippen LogP) is 5.29. The number of halogens is 2. The Balaban J connectivity index is 1.82. The largest absolute Gasteiger partial charge is 0.356 e. The third kappa shape index (κ3) is 3.13. The Hall–Kier alpha value is -3.12. The van der Waals surface area contributed by atoms with Gasteiger partial charge in [-0.05, 0) is 41.3 Å². The lowest BCUT2D eigenvalue weighted by Gasteiger charge is -2.20. The molecule has 5 rings (SSSR count). The van der Waals surface area contributed by atoms with Crippen molar-refractivity contribution in [1.82, 2.24) is 9.47 Å². The van der Waals surface area contributed by atoms with Crippen LogP contribution in [0.25, 0.3) is 10.9 Å². The van der Waals surface area contributed by atoms with Crippen LogP contribution in [0.4, 0.5) is 10.1 Å². The van der Waals surface area contributed by atoms with Crippen LogP contribution in [0.3, 0.4) is 0 Å². The monoisotopic (exact) mass is 451 g/mol. The van der Waals surface area contributed by atoms with E-state index in [1.54, 1.807) is 6.07 Å². The average molecular weight is 452 g/mol. The number of amides is 2. The molecule has 0 saturated carbocycles. The topological polar surface area (TPSA) is 54.3 Å². The van der Waals surface area contributed by atoms with Crippen LogP contribution >= 0.6 is 11.6 Å². The normalized spacial score (nSPS) is 17.8. The van der Waals surface area contributed by atoms with Crippen molar-refractivity contribution in [1.29, 1.82) is 0 Å². The maximum absolute atomic E-state index is 13.9. The van der Waals surface area contributed by atoms with E-state index >= 15 is 0 Å². The van der Waals surface area contributed by atoms with E-state index in [0.717, 1.165) is 28.7 Å². The SMILES string of the molecule is CC(=O)N1CC2=C(C1=O)[C@@H](c1ccc(F)cc1Cl)c1cn(CC(C)C)c3cccc(c13)N2. The molecule has 2 amide bonds. The highest BCUT2D eigenvalue weighted by Gasteiger charge is 2.42. The van der Waals surface area contributed by atoms with Gasteiger partial charge >= 0.3 is 0 Å². The zero-order chi connectivity index (χ0) is 22.7. The van der Waals surface area contributed by atoms with E-state index in [1.165, 1.54) is 24.0 Å². The van der Waals surface area contributed by atoms with Crippen molar-refractivity contribution >= 4 is 40.0 Å². The second-order valence-electron chi connectivity index (χ2n) is 8.86. The molecule has 0 fully saturated rings. The maximum atomic E-state index is 13.9. The zero-order valence-corrected chi connectivity index (χ0v) is 18.8. The molecular formula is C25H23ClFN3O2. The number of rotatable bonds is 3. The Labute approximate surface area is 190 Å². The van der Waals surface area contributed by atoms with Crippen LogP contribution in [-0.2, 0) is 16.1 Å². The number of carbonyl (C=O) groups is 2. The highest BCUT2D eigenvalue weighted by Crippen LogP contribution is 2.48. The van der Waals surface area contributed by atoms with Gasteiger partial charge in [-0.3, -0.25) is 14.5 Å². The first kappa shape index (κ1) is 20.8. The van der Waals surface area contributed by atoms with Crippen molar-refractivity contribution in [2.75, 3.05) is 11.9 Å². The van der Waals surface area contributed by atoms with Gasteiger partial charge in [0, 0.05) is 47.4 Å². The van der Waals surface area contributed by atoms with Gasteiger partial charge in [-0.2, -0.15) is 0 Å². The number of carbonyl (C=O) groups excluding carboxylic acids is 2. The predicted molar refractivity (Wildman–Crippen MR) is 123 cm³/mol. The highest BCUT2D eigenvalue weighted by atomic mass is 35.5. The molecule has 0 radical (unpaired) electrons. The summed E-state index contributed by atoms with van der Waals surface area (Å²) in [4.78, 5) is 26.8. The quantitative estimate of drug-likeness (QED) is 0.588. The molecule has 2 aliphatic rings. The zero-order valence-electron chi connectivity index (χ0n) is 18.1. The molecule has 1 atom stereocenters. The van der Waals surface area contributed by atoms with Crippen LogP contribution in [0.5, 0.6) is 0 Å². The molecular weight excluding hydrogens is 429 g/mol. The molecule has 1 aromatic heterocycles. The molecule has 7 heteroatoms. The lowest BCUT2D eigenvalue weighted by atomic mass is 9.84. The standard InChI is InChI=1S/C25H23ClFN3O2/c1-13(2)10-29-11-17-22(16-8-7-15(27)9-18(16)26)24-20(12-30(14(3)31)25(24)32)28-19-5-4-6-21(29)23(17)19/h4-9,11,13,22,28H,10,12H2,1-3H3/t22-/m0/s1. The summed E-state index contributed by atoms with van der Waals surface area (Å²) in [6, 6.07) is 10.3. The fourth-order valence-corrected chi connectivity index (χ4v) is 5.15. The molecule has 0 bridgehead atoms. The van der Waals surface area contributed by atoms with E-state index in [9.17, 15) is 14.0 Å². The van der Waals surface area contributed by atoms with Gasteiger partial charge < -0.3 is 9.88 Å². The lowest BCUT2D eigenvalue weighted by molar-refractivity contribution is -0.139. The second-order valence-corrected chi connectivity index (χ2v) is 9.26. The van der Waals surface area contributed by atoms with Crippen LogP contribution in [0.15, 0.2) is 53.9 Å². The molecule has 0 spiro atoms. The molecule has 2 aliphatic heterocycles. The fourth-order valence-electron chi connectivity index (χ4n) is 4.88. The molecule has 0 saturated heterocycles.